The summed E-state index contributed by atoms with van der Waals surface area (Å²) >= 11 is 0. The Labute approximate surface area is 211 Å². The number of nitrogens with one attached hydrogen (secondary N) is 1. The first-order chi connectivity index (χ1) is 16.6. The molecular weight excluding hydrogens is 440 g/mol. The SMILES string of the molecule is C/C(=C\CN1C/C=C(O)\C=C(\O)C(C)Nc2c(O)cccc2C1=O)CCCC(C)CCCC(C)C. The molecule has 6 heteroatoms. The smallest absolute Gasteiger partial charge is 0.256 e. The highest BCUT2D eigenvalue weighted by Crippen LogP contribution is 2.30. The number of aromatic hydroxyl groups is 1. The average molecular weight is 485 g/mol. The van der Waals surface area contributed by atoms with E-state index in [0.29, 0.717) is 12.1 Å². The van der Waals surface area contributed by atoms with Gasteiger partial charge in [0, 0.05) is 19.2 Å². The van der Waals surface area contributed by atoms with Crippen LogP contribution in [0.25, 0.3) is 0 Å². The fraction of sp³-hybridized carbons (Fsp3) is 0.552. The van der Waals surface area contributed by atoms with Gasteiger partial charge in [-0.05, 0) is 56.7 Å². The molecule has 0 saturated carbocycles. The van der Waals surface area contributed by atoms with Crippen LogP contribution < -0.4 is 5.32 Å². The minimum atomic E-state index is -0.605. The first kappa shape index (κ1) is 28.3. The first-order valence-corrected chi connectivity index (χ1v) is 12.9. The maximum Gasteiger partial charge on any atom is 0.256 e. The van der Waals surface area contributed by atoms with Crippen LogP contribution in [-0.2, 0) is 0 Å². The molecule has 1 amide bonds. The molecule has 0 aromatic heterocycles. The molecule has 0 aliphatic carbocycles. The number of allylic oxidation sites excluding steroid dienone is 2. The van der Waals surface area contributed by atoms with Crippen LogP contribution in [-0.4, -0.2) is 45.3 Å². The Balaban J connectivity index is 2.09. The lowest BCUT2D eigenvalue weighted by Crippen LogP contribution is -2.32. The fourth-order valence-corrected chi connectivity index (χ4v) is 4.23. The Bertz CT molecular complexity index is 933. The van der Waals surface area contributed by atoms with Gasteiger partial charge in [0.15, 0.2) is 0 Å². The summed E-state index contributed by atoms with van der Waals surface area (Å²) in [5.41, 5.74) is 1.82. The highest BCUT2D eigenvalue weighted by molar-refractivity contribution is 6.01. The number of phenolic OH excluding ortho intramolecular Hbond substituents is 1. The maximum atomic E-state index is 13.4. The molecule has 1 aliphatic rings. The van der Waals surface area contributed by atoms with E-state index in [4.69, 9.17) is 0 Å². The van der Waals surface area contributed by atoms with Crippen LogP contribution in [0.4, 0.5) is 5.69 Å². The van der Waals surface area contributed by atoms with Crippen LogP contribution in [0.1, 0.15) is 83.5 Å². The molecule has 0 fully saturated rings. The predicted molar refractivity (Wildman–Crippen MR) is 144 cm³/mol. The van der Waals surface area contributed by atoms with Gasteiger partial charge in [0.05, 0.1) is 17.3 Å². The molecule has 1 heterocycles. The number of phenols is 1. The Hall–Kier alpha value is -2.89. The summed E-state index contributed by atoms with van der Waals surface area (Å²) in [4.78, 5) is 15.1. The average Bonchev–Trinajstić information content (AvgIpc) is 2.80. The third-order valence-electron chi connectivity index (χ3n) is 6.59. The molecule has 194 valence electrons. The molecule has 0 spiro atoms. The Morgan fingerprint density at radius 2 is 1.86 bits per heavy atom. The number of rotatable bonds is 10. The monoisotopic (exact) mass is 484 g/mol. The highest BCUT2D eigenvalue weighted by atomic mass is 16.3. The zero-order valence-corrected chi connectivity index (χ0v) is 22.1. The molecule has 35 heavy (non-hydrogen) atoms. The van der Waals surface area contributed by atoms with E-state index in [-0.39, 0.29) is 35.4 Å². The zero-order valence-electron chi connectivity index (χ0n) is 22.1. The molecule has 1 aromatic rings. The van der Waals surface area contributed by atoms with Crippen molar-refractivity contribution >= 4 is 11.6 Å². The maximum absolute atomic E-state index is 13.4. The van der Waals surface area contributed by atoms with Crippen molar-refractivity contribution in [2.24, 2.45) is 11.8 Å². The van der Waals surface area contributed by atoms with Crippen molar-refractivity contribution in [3.8, 4) is 5.75 Å². The number of benzene rings is 1. The topological polar surface area (TPSA) is 93.0 Å². The number of aliphatic hydroxyl groups excluding tert-OH is 2. The van der Waals surface area contributed by atoms with Gasteiger partial charge in [0.25, 0.3) is 5.91 Å². The second-order valence-corrected chi connectivity index (χ2v) is 10.3. The molecule has 4 N–H and O–H groups in total. The third kappa shape index (κ3) is 9.35. The van der Waals surface area contributed by atoms with Gasteiger partial charge in [-0.1, -0.05) is 64.2 Å². The third-order valence-corrected chi connectivity index (χ3v) is 6.59. The first-order valence-electron chi connectivity index (χ1n) is 12.9. The molecule has 6 nitrogen and oxygen atoms in total. The van der Waals surface area contributed by atoms with Crippen molar-refractivity contribution in [3.63, 3.8) is 0 Å². The van der Waals surface area contributed by atoms with Gasteiger partial charge in [-0.15, -0.1) is 0 Å². The molecule has 2 rings (SSSR count). The van der Waals surface area contributed by atoms with Gasteiger partial charge in [-0.3, -0.25) is 4.79 Å². The summed E-state index contributed by atoms with van der Waals surface area (Å²) in [5, 5.41) is 33.9. The number of nitrogens with zero attached hydrogens (tertiary/aromatic N) is 1. The summed E-state index contributed by atoms with van der Waals surface area (Å²) in [6, 6.07) is 4.18. The molecule has 2 unspecified atom stereocenters. The largest absolute Gasteiger partial charge is 0.510 e. The van der Waals surface area contributed by atoms with Gasteiger partial charge in [-0.2, -0.15) is 0 Å². The second-order valence-electron chi connectivity index (χ2n) is 10.3. The van der Waals surface area contributed by atoms with Crippen LogP contribution in [0.15, 0.2) is 53.5 Å². The lowest BCUT2D eigenvalue weighted by Gasteiger charge is -2.23. The van der Waals surface area contributed by atoms with E-state index in [1.165, 1.54) is 49.5 Å². The van der Waals surface area contributed by atoms with E-state index in [1.807, 2.05) is 0 Å². The number of fused-ring (bicyclic) bond motifs is 1. The Morgan fingerprint density at radius 1 is 1.14 bits per heavy atom. The van der Waals surface area contributed by atoms with Gasteiger partial charge >= 0.3 is 0 Å². The molecule has 0 saturated heterocycles. The minimum Gasteiger partial charge on any atom is -0.510 e. The number of para-hydroxylation sites is 1. The van der Waals surface area contributed by atoms with Crippen LogP contribution >= 0.6 is 0 Å². The minimum absolute atomic E-state index is 0.0684. The van der Waals surface area contributed by atoms with E-state index < -0.39 is 6.04 Å². The Morgan fingerprint density at radius 3 is 2.57 bits per heavy atom. The summed E-state index contributed by atoms with van der Waals surface area (Å²) in [6.07, 6.45) is 12.0. The van der Waals surface area contributed by atoms with E-state index in [9.17, 15) is 20.1 Å². The standard InChI is InChI=1S/C29H44N2O4/c1-20(2)9-6-10-21(3)11-7-12-22(4)15-17-31-18-16-24(32)19-27(34)23(5)30-28-25(29(31)35)13-8-14-26(28)33/h8,13-16,19-21,23,30,32-34H,6-7,9-12,17-18H2,1-5H3/b22-15+,24-16+,27-19+. The molecule has 2 atom stereocenters. The van der Waals surface area contributed by atoms with Gasteiger partial charge in [0.2, 0.25) is 0 Å². The van der Waals surface area contributed by atoms with Crippen LogP contribution in [0, 0.1) is 11.8 Å². The van der Waals surface area contributed by atoms with Crippen molar-refractivity contribution in [2.45, 2.75) is 79.2 Å². The van der Waals surface area contributed by atoms with Gasteiger partial charge in [-0.25, -0.2) is 0 Å². The van der Waals surface area contributed by atoms with Crippen LogP contribution in [0.5, 0.6) is 5.75 Å². The van der Waals surface area contributed by atoms with Gasteiger partial charge in [0.1, 0.15) is 17.3 Å². The number of hydrogen-bond donors (Lipinski definition) is 4. The van der Waals surface area contributed by atoms with Crippen molar-refractivity contribution in [1.82, 2.24) is 4.90 Å². The molecule has 1 aromatic carbocycles. The van der Waals surface area contributed by atoms with E-state index >= 15 is 0 Å². The van der Waals surface area contributed by atoms with Crippen molar-refractivity contribution < 1.29 is 20.1 Å². The summed E-state index contributed by atoms with van der Waals surface area (Å²) in [6.45, 7) is 11.2. The Kier molecular flexibility index (Phi) is 11.2. The summed E-state index contributed by atoms with van der Waals surface area (Å²) in [5.74, 6) is 0.958. The number of hydrogen-bond acceptors (Lipinski definition) is 5. The van der Waals surface area contributed by atoms with Crippen molar-refractivity contribution in [1.29, 1.82) is 0 Å². The van der Waals surface area contributed by atoms with E-state index in [1.54, 1.807) is 24.0 Å². The number of carbonyl (C=O) groups is 1. The second kappa shape index (κ2) is 13.9. The van der Waals surface area contributed by atoms with E-state index in [0.717, 1.165) is 24.7 Å². The summed E-state index contributed by atoms with van der Waals surface area (Å²) in [7, 11) is 0. The van der Waals surface area contributed by atoms with Crippen molar-refractivity contribution in [2.75, 3.05) is 18.4 Å². The molecular formula is C29H44N2O4. The molecule has 0 radical (unpaired) electrons. The number of carbonyl (C=O) groups excluding carboxylic acids is 1. The summed E-state index contributed by atoms with van der Waals surface area (Å²) < 4.78 is 0. The van der Waals surface area contributed by atoms with Crippen LogP contribution in [0.2, 0.25) is 0 Å². The number of aliphatic hydroxyl groups is 2. The lowest BCUT2D eigenvalue weighted by molar-refractivity contribution is 0.0790. The fourth-order valence-electron chi connectivity index (χ4n) is 4.23. The van der Waals surface area contributed by atoms with Crippen LogP contribution in [0.3, 0.4) is 0 Å². The molecule has 1 aliphatic heterocycles. The lowest BCUT2D eigenvalue weighted by atomic mass is 9.94. The molecule has 0 bridgehead atoms. The highest BCUT2D eigenvalue weighted by Gasteiger charge is 2.23. The number of amides is 1. The van der Waals surface area contributed by atoms with Gasteiger partial charge < -0.3 is 25.5 Å². The quantitative estimate of drug-likeness (QED) is 0.210. The van der Waals surface area contributed by atoms with E-state index in [2.05, 4.69) is 39.1 Å². The predicted octanol–water partition coefficient (Wildman–Crippen LogP) is 7.11. The number of anilines is 1. The normalized spacial score (nSPS) is 21.3. The van der Waals surface area contributed by atoms with Crippen molar-refractivity contribution in [3.05, 3.63) is 59.1 Å². The zero-order chi connectivity index (χ0) is 26.0.